The number of hydrogen-bond donors (Lipinski definition) is 0. The number of rotatable bonds is 3. The summed E-state index contributed by atoms with van der Waals surface area (Å²) >= 11 is 0. The quantitative estimate of drug-likeness (QED) is 0.811. The maximum absolute atomic E-state index is 2.29. The van der Waals surface area contributed by atoms with Crippen LogP contribution in [-0.4, -0.2) is 28.2 Å². The van der Waals surface area contributed by atoms with Crippen molar-refractivity contribution in [3.05, 3.63) is 47.9 Å². The van der Waals surface area contributed by atoms with Crippen molar-refractivity contribution < 1.29 is 0 Å². The van der Waals surface area contributed by atoms with E-state index in [4.69, 9.17) is 0 Å². The number of hydrogen-bond acceptors (Lipinski definition) is 2. The third-order valence-corrected chi connectivity index (χ3v) is 3.43. The van der Waals surface area contributed by atoms with Crippen molar-refractivity contribution in [2.75, 3.05) is 38.0 Å². The van der Waals surface area contributed by atoms with Gasteiger partial charge in [-0.1, -0.05) is 17.7 Å². The monoisotopic (exact) mass is 255 g/mol. The average molecular weight is 255 g/mol. The van der Waals surface area contributed by atoms with Gasteiger partial charge in [-0.05, 0) is 49.1 Å². The number of nitrogens with zero attached hydrogens (tertiary/aromatic N) is 2. The van der Waals surface area contributed by atoms with Crippen LogP contribution < -0.4 is 9.80 Å². The summed E-state index contributed by atoms with van der Waals surface area (Å²) in [5.41, 5.74) is 6.44. The number of allylic oxidation sites excluding steroid dienone is 4. The smallest absolute Gasteiger partial charge is 0.0387 e. The molecule has 1 aliphatic carbocycles. The van der Waals surface area contributed by atoms with Crippen molar-refractivity contribution >= 4 is 16.9 Å². The topological polar surface area (TPSA) is 6.48 Å². The van der Waals surface area contributed by atoms with Crippen molar-refractivity contribution in [2.24, 2.45) is 0 Å². The first kappa shape index (κ1) is 13.7. The predicted molar refractivity (Wildman–Crippen MR) is 85.7 cm³/mol. The molecule has 1 aromatic rings. The number of benzene rings is 1. The summed E-state index contributed by atoms with van der Waals surface area (Å²) in [5.74, 6) is 0. The van der Waals surface area contributed by atoms with Gasteiger partial charge in [-0.25, -0.2) is 0 Å². The summed E-state index contributed by atoms with van der Waals surface area (Å²) < 4.78 is 0. The van der Waals surface area contributed by atoms with Crippen LogP contribution in [0.3, 0.4) is 0 Å². The highest BCUT2D eigenvalue weighted by molar-refractivity contribution is 5.80. The standard InChI is InChI=1S/C17H23N2/c1-13-7-6-8-14(9-13)15-10-16(18(2)3)12-17(11-15)19(4)5/h7-12H,6H2,1-5H3. The van der Waals surface area contributed by atoms with E-state index in [-0.39, 0.29) is 0 Å². The lowest BCUT2D eigenvalue weighted by Gasteiger charge is -2.21. The Bertz CT molecular complexity index is 496. The molecule has 2 nitrogen and oxygen atoms in total. The minimum atomic E-state index is 1.03. The van der Waals surface area contributed by atoms with Gasteiger partial charge >= 0.3 is 0 Å². The molecule has 0 bridgehead atoms. The molecule has 0 amide bonds. The zero-order valence-corrected chi connectivity index (χ0v) is 12.6. The first-order chi connectivity index (χ1) is 8.97. The highest BCUT2D eigenvalue weighted by Gasteiger charge is 2.10. The van der Waals surface area contributed by atoms with Gasteiger partial charge in [0, 0.05) is 39.6 Å². The minimum Gasteiger partial charge on any atom is -0.378 e. The fourth-order valence-corrected chi connectivity index (χ4v) is 2.21. The maximum Gasteiger partial charge on any atom is 0.0387 e. The summed E-state index contributed by atoms with van der Waals surface area (Å²) in [6, 6.07) is 6.73. The van der Waals surface area contributed by atoms with Gasteiger partial charge in [0.15, 0.2) is 0 Å². The average Bonchev–Trinajstić information content (AvgIpc) is 2.38. The van der Waals surface area contributed by atoms with Gasteiger partial charge in [0.2, 0.25) is 0 Å². The molecule has 0 aliphatic heterocycles. The molecule has 101 valence electrons. The summed E-state index contributed by atoms with van der Waals surface area (Å²) in [6.07, 6.45) is 7.84. The van der Waals surface area contributed by atoms with Gasteiger partial charge in [0.1, 0.15) is 0 Å². The van der Waals surface area contributed by atoms with Crippen LogP contribution in [0, 0.1) is 6.42 Å². The Morgan fingerprint density at radius 3 is 1.95 bits per heavy atom. The number of anilines is 2. The molecule has 0 N–H and O–H groups in total. The Labute approximate surface area is 117 Å². The molecule has 0 aromatic heterocycles. The lowest BCUT2D eigenvalue weighted by molar-refractivity contribution is 1.10. The molecule has 1 aromatic carbocycles. The van der Waals surface area contributed by atoms with Crippen LogP contribution >= 0.6 is 0 Å². The van der Waals surface area contributed by atoms with E-state index in [1.54, 1.807) is 0 Å². The van der Waals surface area contributed by atoms with Crippen LogP contribution in [0.4, 0.5) is 11.4 Å². The molecule has 0 saturated carbocycles. The Morgan fingerprint density at radius 1 is 0.895 bits per heavy atom. The highest BCUT2D eigenvalue weighted by Crippen LogP contribution is 2.31. The second-order valence-electron chi connectivity index (χ2n) is 5.51. The SMILES string of the molecule is CC1=CC[CH]C(c2cc(N(C)C)cc(N(C)C)c2)=C1. The lowest BCUT2D eigenvalue weighted by atomic mass is 9.93. The molecule has 2 rings (SSSR count). The maximum atomic E-state index is 2.29. The molecule has 2 heteroatoms. The Morgan fingerprint density at radius 2 is 1.47 bits per heavy atom. The van der Waals surface area contributed by atoms with Gasteiger partial charge in [-0.15, -0.1) is 0 Å². The molecule has 0 heterocycles. The second-order valence-corrected chi connectivity index (χ2v) is 5.51. The van der Waals surface area contributed by atoms with E-state index in [1.807, 2.05) is 0 Å². The van der Waals surface area contributed by atoms with Crippen molar-refractivity contribution in [1.82, 2.24) is 0 Å². The van der Waals surface area contributed by atoms with Crippen LogP contribution in [0.25, 0.3) is 5.57 Å². The van der Waals surface area contributed by atoms with Crippen LogP contribution in [0.15, 0.2) is 35.9 Å². The molecule has 0 spiro atoms. The summed E-state index contributed by atoms with van der Waals surface area (Å²) in [7, 11) is 8.34. The second kappa shape index (κ2) is 5.52. The Balaban J connectivity index is 2.47. The summed E-state index contributed by atoms with van der Waals surface area (Å²) in [5, 5.41) is 0. The Hall–Kier alpha value is -1.70. The fraction of sp³-hybridized carbons (Fsp3) is 0.353. The van der Waals surface area contributed by atoms with E-state index in [1.165, 1.54) is 28.1 Å². The molecule has 0 saturated heterocycles. The third kappa shape index (κ3) is 3.19. The van der Waals surface area contributed by atoms with E-state index < -0.39 is 0 Å². The molecule has 0 fully saturated rings. The largest absolute Gasteiger partial charge is 0.378 e. The highest BCUT2D eigenvalue weighted by atomic mass is 15.1. The first-order valence-electron chi connectivity index (χ1n) is 6.69. The first-order valence-corrected chi connectivity index (χ1v) is 6.69. The van der Waals surface area contributed by atoms with Crippen LogP contribution in [0.2, 0.25) is 0 Å². The van der Waals surface area contributed by atoms with Crippen LogP contribution in [0.1, 0.15) is 18.9 Å². The molecular formula is C17H23N2. The van der Waals surface area contributed by atoms with Crippen molar-refractivity contribution in [2.45, 2.75) is 13.3 Å². The molecular weight excluding hydrogens is 232 g/mol. The molecule has 1 aliphatic rings. The summed E-state index contributed by atoms with van der Waals surface area (Å²) in [6.45, 7) is 2.16. The van der Waals surface area contributed by atoms with E-state index in [9.17, 15) is 0 Å². The zero-order valence-electron chi connectivity index (χ0n) is 12.6. The van der Waals surface area contributed by atoms with Crippen molar-refractivity contribution in [3.63, 3.8) is 0 Å². The van der Waals surface area contributed by atoms with Gasteiger partial charge in [0.25, 0.3) is 0 Å². The Kier molecular flexibility index (Phi) is 3.98. The van der Waals surface area contributed by atoms with E-state index in [0.29, 0.717) is 0 Å². The molecule has 19 heavy (non-hydrogen) atoms. The van der Waals surface area contributed by atoms with Gasteiger partial charge in [-0.3, -0.25) is 0 Å². The van der Waals surface area contributed by atoms with Crippen molar-refractivity contribution in [1.29, 1.82) is 0 Å². The van der Waals surface area contributed by atoms with Gasteiger partial charge < -0.3 is 9.80 Å². The lowest BCUT2D eigenvalue weighted by Crippen LogP contribution is -2.13. The molecule has 0 atom stereocenters. The fourth-order valence-electron chi connectivity index (χ4n) is 2.21. The molecule has 1 radical (unpaired) electrons. The van der Waals surface area contributed by atoms with Crippen LogP contribution in [0.5, 0.6) is 0 Å². The van der Waals surface area contributed by atoms with Crippen LogP contribution in [-0.2, 0) is 0 Å². The van der Waals surface area contributed by atoms with Gasteiger partial charge in [0.05, 0.1) is 0 Å². The van der Waals surface area contributed by atoms with E-state index in [0.717, 1.165) is 6.42 Å². The predicted octanol–water partition coefficient (Wildman–Crippen LogP) is 3.76. The normalized spacial score (nSPS) is 14.8. The summed E-state index contributed by atoms with van der Waals surface area (Å²) in [4.78, 5) is 4.31. The van der Waals surface area contributed by atoms with E-state index in [2.05, 4.69) is 81.7 Å². The zero-order chi connectivity index (χ0) is 14.0. The molecule has 0 unspecified atom stereocenters. The van der Waals surface area contributed by atoms with Crippen molar-refractivity contribution in [3.8, 4) is 0 Å². The van der Waals surface area contributed by atoms with E-state index >= 15 is 0 Å². The third-order valence-electron chi connectivity index (χ3n) is 3.43. The van der Waals surface area contributed by atoms with Gasteiger partial charge in [-0.2, -0.15) is 0 Å². The minimum absolute atomic E-state index is 1.03.